The third-order valence-electron chi connectivity index (χ3n) is 13.8. The molecule has 0 radical (unpaired) electrons. The SMILES string of the molecule is CCOc1ccc(-c2cc(=O)n3cc(N4CCNCC4)ccc3n2)cc1F.COc1ccc(-c2cc(=O)n3cc(N4CCNCC4)ccc3n2)cc1C#N.O=c1cc(-c2ccc(O)c(F)c2)nc2ccc(N3CCNCC3)cn12. The van der Waals surface area contributed by atoms with Crippen molar-refractivity contribution in [3.8, 4) is 57.1 Å². The van der Waals surface area contributed by atoms with Crippen LogP contribution < -0.4 is 56.8 Å². The molecule has 9 aromatic rings. The van der Waals surface area contributed by atoms with E-state index in [1.54, 1.807) is 53.9 Å². The molecule has 3 aliphatic rings. The van der Waals surface area contributed by atoms with Crippen molar-refractivity contribution in [2.75, 3.05) is 107 Å². The van der Waals surface area contributed by atoms with Crippen LogP contribution in [-0.2, 0) is 0 Å². The lowest BCUT2D eigenvalue weighted by Gasteiger charge is -2.29. The predicted octanol–water partition coefficient (Wildman–Crippen LogP) is 5.58. The van der Waals surface area contributed by atoms with E-state index in [1.165, 1.54) is 58.4 Å². The van der Waals surface area contributed by atoms with E-state index in [0.29, 0.717) is 68.6 Å². The summed E-state index contributed by atoms with van der Waals surface area (Å²) in [6.45, 7) is 13.1. The number of nitrogens with zero attached hydrogens (tertiary/aromatic N) is 10. The molecule has 0 saturated carbocycles. The van der Waals surface area contributed by atoms with Crippen LogP contribution >= 0.6 is 0 Å². The minimum Gasteiger partial charge on any atom is -0.505 e. The summed E-state index contributed by atoms with van der Waals surface area (Å²) in [5.41, 5.74) is 7.46. The summed E-state index contributed by atoms with van der Waals surface area (Å²) in [4.78, 5) is 58.1. The van der Waals surface area contributed by atoms with Crippen molar-refractivity contribution in [3.63, 3.8) is 0 Å². The van der Waals surface area contributed by atoms with Crippen molar-refractivity contribution in [3.05, 3.63) is 176 Å². The first kappa shape index (κ1) is 53.2. The summed E-state index contributed by atoms with van der Waals surface area (Å²) in [5, 5.41) is 28.5. The number of hydrogen-bond acceptors (Lipinski definition) is 16. The fourth-order valence-corrected chi connectivity index (χ4v) is 9.60. The average Bonchev–Trinajstić information content (AvgIpc) is 3.52. The number of aromatic hydroxyl groups is 1. The van der Waals surface area contributed by atoms with Gasteiger partial charge in [-0.1, -0.05) is 0 Å². The number of phenols is 1. The quantitative estimate of drug-likeness (QED) is 0.139. The lowest BCUT2D eigenvalue weighted by atomic mass is 10.1. The van der Waals surface area contributed by atoms with E-state index in [2.05, 4.69) is 51.7 Å². The maximum atomic E-state index is 14.1. The molecule has 3 fully saturated rings. The highest BCUT2D eigenvalue weighted by molar-refractivity contribution is 5.68. The topological polar surface area (TPSA) is 211 Å². The molecule has 3 saturated heterocycles. The third kappa shape index (κ3) is 12.0. The van der Waals surface area contributed by atoms with E-state index in [0.717, 1.165) is 95.6 Å². The number of methoxy groups -OCH3 is 1. The lowest BCUT2D eigenvalue weighted by molar-refractivity contribution is 0.321. The molecule has 4 N–H and O–H groups in total. The lowest BCUT2D eigenvalue weighted by Crippen LogP contribution is -2.43. The zero-order valence-electron chi connectivity index (χ0n) is 43.5. The van der Waals surface area contributed by atoms with Crippen LogP contribution in [0.25, 0.3) is 50.7 Å². The van der Waals surface area contributed by atoms with Gasteiger partial charge in [-0.3, -0.25) is 27.6 Å². The zero-order valence-corrected chi connectivity index (χ0v) is 43.5. The van der Waals surface area contributed by atoms with Crippen LogP contribution in [-0.4, -0.2) is 126 Å². The Balaban J connectivity index is 0.000000134. The number of benzene rings is 3. The zero-order chi connectivity index (χ0) is 55.0. The number of ether oxygens (including phenoxy) is 2. The van der Waals surface area contributed by atoms with Gasteiger partial charge in [0.2, 0.25) is 0 Å². The van der Waals surface area contributed by atoms with E-state index in [-0.39, 0.29) is 22.4 Å². The number of halogens is 2. The number of fused-ring (bicyclic) bond motifs is 3. The molecule has 0 bridgehead atoms. The molecule has 0 unspecified atom stereocenters. The van der Waals surface area contributed by atoms with Crippen LogP contribution in [0, 0.1) is 23.0 Å². The van der Waals surface area contributed by atoms with Crippen molar-refractivity contribution in [1.82, 2.24) is 44.1 Å². The normalized spacial score (nSPS) is 14.5. The van der Waals surface area contributed by atoms with Gasteiger partial charge in [-0.15, -0.1) is 0 Å². The molecule has 12 rings (SSSR count). The van der Waals surface area contributed by atoms with E-state index < -0.39 is 17.4 Å². The van der Waals surface area contributed by atoms with Crippen LogP contribution in [0.3, 0.4) is 0 Å². The Hall–Kier alpha value is -9.23. The van der Waals surface area contributed by atoms with Crippen LogP contribution in [0.2, 0.25) is 0 Å². The van der Waals surface area contributed by atoms with Gasteiger partial charge in [-0.05, 0) is 97.9 Å². The molecule has 0 atom stereocenters. The van der Waals surface area contributed by atoms with Crippen molar-refractivity contribution >= 4 is 34.0 Å². The first-order valence-corrected chi connectivity index (χ1v) is 25.9. The Kier molecular flexibility index (Phi) is 16.1. The number of pyridine rings is 3. The summed E-state index contributed by atoms with van der Waals surface area (Å²) in [6.07, 6.45) is 5.45. The van der Waals surface area contributed by atoms with Crippen LogP contribution in [0.1, 0.15) is 12.5 Å². The Bertz CT molecular complexity index is 3920. The number of aromatic nitrogens is 6. The third-order valence-corrected chi connectivity index (χ3v) is 13.8. The highest BCUT2D eigenvalue weighted by atomic mass is 19.1. The van der Waals surface area contributed by atoms with Crippen molar-refractivity contribution < 1.29 is 23.4 Å². The molecule has 9 heterocycles. The van der Waals surface area contributed by atoms with Gasteiger partial charge in [-0.25, -0.2) is 23.7 Å². The van der Waals surface area contributed by atoms with Crippen LogP contribution in [0.5, 0.6) is 17.2 Å². The van der Waals surface area contributed by atoms with Gasteiger partial charge in [-0.2, -0.15) is 5.26 Å². The van der Waals surface area contributed by atoms with Crippen molar-refractivity contribution in [1.29, 1.82) is 5.26 Å². The maximum absolute atomic E-state index is 14.1. The number of hydrogen-bond donors (Lipinski definition) is 4. The molecular formula is C58H57F2N13O6. The molecule has 404 valence electrons. The highest BCUT2D eigenvalue weighted by Gasteiger charge is 2.17. The minimum absolute atomic E-state index is 0.152. The number of rotatable bonds is 9. The molecular weight excluding hydrogens is 1010 g/mol. The van der Waals surface area contributed by atoms with Crippen LogP contribution in [0.15, 0.2) is 142 Å². The van der Waals surface area contributed by atoms with Gasteiger partial charge >= 0.3 is 0 Å². The van der Waals surface area contributed by atoms with E-state index in [1.807, 2.05) is 42.7 Å². The molecule has 0 spiro atoms. The average molecular weight is 1070 g/mol. The van der Waals surface area contributed by atoms with Crippen LogP contribution in [0.4, 0.5) is 25.8 Å². The van der Waals surface area contributed by atoms with Gasteiger partial charge in [0.1, 0.15) is 28.8 Å². The summed E-state index contributed by atoms with van der Waals surface area (Å²) < 4.78 is 42.7. The molecule has 19 nitrogen and oxygen atoms in total. The van der Waals surface area contributed by atoms with Gasteiger partial charge in [0.25, 0.3) is 16.7 Å². The fraction of sp³-hybridized carbons (Fsp3) is 0.259. The number of nitriles is 1. The molecule has 6 aromatic heterocycles. The van der Waals surface area contributed by atoms with Gasteiger partial charge < -0.3 is 45.2 Å². The summed E-state index contributed by atoms with van der Waals surface area (Å²) in [5.74, 6) is -0.945. The standard InChI is InChI=1S/C20H21FN4O2.C20H19N5O2.C18H17FN4O2/c1-2-27-18-5-3-14(11-16(18)21)17-12-20(26)25-13-15(4-6-19(25)23-17)24-9-7-22-8-10-24;1-27-18-4-2-14(10-15(18)12-21)17-11-20(26)25-13-16(3-5-19(25)23-17)24-8-6-22-7-9-24;19-14-9-12(1-3-16(14)24)15-10-18(25)23-11-13(2-4-17(23)21-15)22-7-5-20-6-8-22/h3-6,11-13,22H,2,7-10H2,1H3;2-5,10-11,13,22H,6-9H2,1H3;1-4,9-11,20,24H,5-8H2. The first-order valence-electron chi connectivity index (χ1n) is 25.9. The predicted molar refractivity (Wildman–Crippen MR) is 300 cm³/mol. The van der Waals surface area contributed by atoms with E-state index in [4.69, 9.17) is 9.47 Å². The van der Waals surface area contributed by atoms with Gasteiger partial charge in [0.05, 0.1) is 53.4 Å². The molecule has 3 aliphatic heterocycles. The largest absolute Gasteiger partial charge is 0.505 e. The van der Waals surface area contributed by atoms with Gasteiger partial charge in [0.15, 0.2) is 23.1 Å². The molecule has 0 aliphatic carbocycles. The number of anilines is 3. The fourth-order valence-electron chi connectivity index (χ4n) is 9.60. The molecule has 21 heteroatoms. The molecule has 0 amide bonds. The number of piperazine rings is 3. The van der Waals surface area contributed by atoms with Crippen molar-refractivity contribution in [2.45, 2.75) is 6.92 Å². The second-order valence-electron chi connectivity index (χ2n) is 18.8. The Labute approximate surface area is 452 Å². The molecule has 79 heavy (non-hydrogen) atoms. The maximum Gasteiger partial charge on any atom is 0.258 e. The minimum atomic E-state index is -0.742. The van der Waals surface area contributed by atoms with Gasteiger partial charge in [0, 0.05) is 132 Å². The second-order valence-corrected chi connectivity index (χ2v) is 18.8. The Morgan fingerprint density at radius 3 is 1.28 bits per heavy atom. The molecule has 3 aromatic carbocycles. The Morgan fingerprint density at radius 2 is 0.911 bits per heavy atom. The smallest absolute Gasteiger partial charge is 0.258 e. The second kappa shape index (κ2) is 24.0. The number of phenolic OH excluding ortho intramolecular Hbond substituents is 1. The monoisotopic (exact) mass is 1070 g/mol. The van der Waals surface area contributed by atoms with E-state index in [9.17, 15) is 33.5 Å². The van der Waals surface area contributed by atoms with Crippen molar-refractivity contribution in [2.24, 2.45) is 0 Å². The van der Waals surface area contributed by atoms with E-state index >= 15 is 0 Å². The highest BCUT2D eigenvalue weighted by Crippen LogP contribution is 2.28. The summed E-state index contributed by atoms with van der Waals surface area (Å²) in [6, 6.07) is 31.6. The summed E-state index contributed by atoms with van der Waals surface area (Å²) >= 11 is 0. The number of nitrogens with one attached hydrogen (secondary N) is 3. The Morgan fingerprint density at radius 1 is 0.532 bits per heavy atom. The first-order chi connectivity index (χ1) is 38.5. The summed E-state index contributed by atoms with van der Waals surface area (Å²) in [7, 11) is 1.52.